The number of H-pyrrole nitrogens is 1. The third-order valence-corrected chi connectivity index (χ3v) is 5.69. The number of halogens is 1. The second-order valence-corrected chi connectivity index (χ2v) is 7.85. The lowest BCUT2D eigenvalue weighted by molar-refractivity contribution is 0.767. The first kappa shape index (κ1) is 15.6. The molecule has 5 nitrogen and oxygen atoms in total. The average molecular weight is 419 g/mol. The molecule has 0 aliphatic carbocycles. The quantitative estimate of drug-likeness (QED) is 0.504. The zero-order chi connectivity index (χ0) is 16.5. The molecule has 0 amide bonds. The lowest BCUT2D eigenvalue weighted by atomic mass is 10.2. The summed E-state index contributed by atoms with van der Waals surface area (Å²) in [6, 6.07) is 13.6. The van der Waals surface area contributed by atoms with Gasteiger partial charge in [-0.2, -0.15) is 0 Å². The van der Waals surface area contributed by atoms with E-state index in [0.29, 0.717) is 16.6 Å². The van der Waals surface area contributed by atoms with Gasteiger partial charge in [0.25, 0.3) is 5.56 Å². The molecule has 0 atom stereocenters. The Morgan fingerprint density at radius 1 is 1.21 bits per heavy atom. The van der Waals surface area contributed by atoms with Gasteiger partial charge in [-0.25, -0.2) is 14.5 Å². The molecular formula is C16H11BrN4OS2. The van der Waals surface area contributed by atoms with Crippen molar-refractivity contribution in [3.8, 4) is 10.7 Å². The van der Waals surface area contributed by atoms with Crippen LogP contribution < -0.4 is 5.56 Å². The maximum absolute atomic E-state index is 11.7. The molecule has 0 aliphatic rings. The zero-order valence-electron chi connectivity index (χ0n) is 12.3. The average Bonchev–Trinajstić information content (AvgIpc) is 3.21. The molecule has 4 aromatic rings. The van der Waals surface area contributed by atoms with Gasteiger partial charge in [-0.15, -0.1) is 11.3 Å². The van der Waals surface area contributed by atoms with E-state index in [4.69, 9.17) is 0 Å². The van der Waals surface area contributed by atoms with E-state index in [1.54, 1.807) is 27.6 Å². The highest BCUT2D eigenvalue weighted by Crippen LogP contribution is 2.27. The Bertz CT molecular complexity index is 1060. The summed E-state index contributed by atoms with van der Waals surface area (Å²) >= 11 is 6.62. The molecule has 0 fully saturated rings. The van der Waals surface area contributed by atoms with Crippen LogP contribution in [0.5, 0.6) is 0 Å². The third kappa shape index (κ3) is 3.17. The van der Waals surface area contributed by atoms with E-state index in [1.165, 1.54) is 11.6 Å². The highest BCUT2D eigenvalue weighted by atomic mass is 79.9. The molecule has 0 radical (unpaired) electrons. The smallest absolute Gasteiger partial charge is 0.266 e. The summed E-state index contributed by atoms with van der Waals surface area (Å²) in [4.78, 5) is 21.8. The van der Waals surface area contributed by atoms with E-state index in [9.17, 15) is 4.79 Å². The van der Waals surface area contributed by atoms with E-state index in [0.717, 1.165) is 15.1 Å². The molecule has 3 heterocycles. The van der Waals surface area contributed by atoms with Crippen molar-refractivity contribution < 1.29 is 0 Å². The molecule has 120 valence electrons. The van der Waals surface area contributed by atoms with Crippen molar-refractivity contribution in [3.05, 3.63) is 68.2 Å². The van der Waals surface area contributed by atoms with Gasteiger partial charge < -0.3 is 0 Å². The fraction of sp³-hybridized carbons (Fsp3) is 0.0625. The first-order chi connectivity index (χ1) is 11.7. The number of thioether (sulfide) groups is 1. The van der Waals surface area contributed by atoms with Crippen LogP contribution in [0.1, 0.15) is 5.56 Å². The van der Waals surface area contributed by atoms with Crippen LogP contribution in [-0.4, -0.2) is 19.6 Å². The Balaban J connectivity index is 1.74. The second kappa shape index (κ2) is 6.54. The summed E-state index contributed by atoms with van der Waals surface area (Å²) in [6.45, 7) is 0. The van der Waals surface area contributed by atoms with Crippen molar-refractivity contribution in [2.75, 3.05) is 0 Å². The SMILES string of the molecule is O=c1cc2nc(-c3cccs3)nc(SCc3cccc(Br)c3)n2[nH]1. The van der Waals surface area contributed by atoms with Crippen molar-refractivity contribution in [1.29, 1.82) is 0 Å². The van der Waals surface area contributed by atoms with Crippen LogP contribution in [0, 0.1) is 0 Å². The number of fused-ring (bicyclic) bond motifs is 1. The zero-order valence-corrected chi connectivity index (χ0v) is 15.5. The Morgan fingerprint density at radius 2 is 2.12 bits per heavy atom. The number of hydrogen-bond acceptors (Lipinski definition) is 5. The van der Waals surface area contributed by atoms with Gasteiger partial charge in [0.05, 0.1) is 4.88 Å². The van der Waals surface area contributed by atoms with E-state index < -0.39 is 0 Å². The Hall–Kier alpha value is -1.90. The number of thiophene rings is 1. The number of hydrogen-bond donors (Lipinski definition) is 1. The fourth-order valence-electron chi connectivity index (χ4n) is 2.27. The molecule has 1 N–H and O–H groups in total. The lowest BCUT2D eigenvalue weighted by Crippen LogP contribution is -2.04. The normalized spacial score (nSPS) is 11.2. The van der Waals surface area contributed by atoms with E-state index in [2.05, 4.69) is 43.1 Å². The molecule has 0 unspecified atom stereocenters. The summed E-state index contributed by atoms with van der Waals surface area (Å²) in [5.41, 5.74) is 1.57. The van der Waals surface area contributed by atoms with Crippen LogP contribution in [0.2, 0.25) is 0 Å². The topological polar surface area (TPSA) is 63.1 Å². The summed E-state index contributed by atoms with van der Waals surface area (Å²) in [5.74, 6) is 1.39. The summed E-state index contributed by atoms with van der Waals surface area (Å²) in [6.07, 6.45) is 0. The maximum Gasteiger partial charge on any atom is 0.266 e. The minimum absolute atomic E-state index is 0.183. The molecule has 0 spiro atoms. The van der Waals surface area contributed by atoms with Crippen LogP contribution in [0.3, 0.4) is 0 Å². The Labute approximate surface area is 153 Å². The molecule has 4 rings (SSSR count). The summed E-state index contributed by atoms with van der Waals surface area (Å²) in [7, 11) is 0. The van der Waals surface area contributed by atoms with Crippen molar-refractivity contribution in [2.24, 2.45) is 0 Å². The molecular weight excluding hydrogens is 408 g/mol. The molecule has 24 heavy (non-hydrogen) atoms. The van der Waals surface area contributed by atoms with Crippen molar-refractivity contribution >= 4 is 44.7 Å². The van der Waals surface area contributed by atoms with Crippen molar-refractivity contribution in [1.82, 2.24) is 19.6 Å². The number of nitrogens with one attached hydrogen (secondary N) is 1. The van der Waals surface area contributed by atoms with Crippen LogP contribution in [0.4, 0.5) is 0 Å². The predicted molar refractivity (Wildman–Crippen MR) is 101 cm³/mol. The highest BCUT2D eigenvalue weighted by Gasteiger charge is 2.12. The largest absolute Gasteiger partial charge is 0.268 e. The highest BCUT2D eigenvalue weighted by molar-refractivity contribution is 9.10. The molecule has 3 aromatic heterocycles. The number of nitrogens with zero attached hydrogens (tertiary/aromatic N) is 3. The van der Waals surface area contributed by atoms with Crippen molar-refractivity contribution in [2.45, 2.75) is 10.9 Å². The fourth-order valence-corrected chi connectivity index (χ4v) is 4.27. The summed E-state index contributed by atoms with van der Waals surface area (Å²) in [5, 5.41) is 5.46. The molecule has 0 saturated heterocycles. The van der Waals surface area contributed by atoms with Gasteiger partial charge in [-0.3, -0.25) is 9.89 Å². The van der Waals surface area contributed by atoms with Crippen LogP contribution in [0.25, 0.3) is 16.3 Å². The van der Waals surface area contributed by atoms with Gasteiger partial charge in [0, 0.05) is 16.3 Å². The van der Waals surface area contributed by atoms with Gasteiger partial charge in [0.15, 0.2) is 16.6 Å². The van der Waals surface area contributed by atoms with Crippen LogP contribution in [-0.2, 0) is 5.75 Å². The number of aromatic nitrogens is 4. The van der Waals surface area contributed by atoms with Gasteiger partial charge in [0.1, 0.15) is 0 Å². The molecule has 8 heteroatoms. The van der Waals surface area contributed by atoms with Crippen LogP contribution >= 0.6 is 39.0 Å². The maximum atomic E-state index is 11.7. The standard InChI is InChI=1S/C16H11BrN4OS2/c17-11-4-1-3-10(7-11)9-24-16-19-15(12-5-2-6-23-12)18-13-8-14(22)20-21(13)16/h1-8H,9H2,(H,20,22). The molecule has 0 aliphatic heterocycles. The summed E-state index contributed by atoms with van der Waals surface area (Å²) < 4.78 is 2.68. The van der Waals surface area contributed by atoms with Gasteiger partial charge in [0.2, 0.25) is 0 Å². The van der Waals surface area contributed by atoms with Gasteiger partial charge in [-0.05, 0) is 29.1 Å². The van der Waals surface area contributed by atoms with E-state index in [-0.39, 0.29) is 5.56 Å². The molecule has 0 saturated carbocycles. The number of benzene rings is 1. The van der Waals surface area contributed by atoms with E-state index in [1.807, 2.05) is 29.6 Å². The van der Waals surface area contributed by atoms with Gasteiger partial charge >= 0.3 is 0 Å². The Morgan fingerprint density at radius 3 is 2.92 bits per heavy atom. The molecule has 1 aromatic carbocycles. The predicted octanol–water partition coefficient (Wildman–Crippen LogP) is 4.20. The molecule has 0 bridgehead atoms. The Kier molecular flexibility index (Phi) is 4.26. The van der Waals surface area contributed by atoms with E-state index >= 15 is 0 Å². The second-order valence-electron chi connectivity index (χ2n) is 5.04. The first-order valence-electron chi connectivity index (χ1n) is 7.10. The third-order valence-electron chi connectivity index (χ3n) is 3.32. The van der Waals surface area contributed by atoms with Crippen LogP contribution in [0.15, 0.2) is 62.3 Å². The first-order valence-corrected chi connectivity index (χ1v) is 9.76. The minimum Gasteiger partial charge on any atom is -0.268 e. The monoisotopic (exact) mass is 418 g/mol. The number of rotatable bonds is 4. The lowest BCUT2D eigenvalue weighted by Gasteiger charge is -2.06. The van der Waals surface area contributed by atoms with Crippen molar-refractivity contribution in [3.63, 3.8) is 0 Å². The minimum atomic E-state index is -0.183. The van der Waals surface area contributed by atoms with Gasteiger partial charge in [-0.1, -0.05) is 45.9 Å². The number of aromatic amines is 1.